The van der Waals surface area contributed by atoms with E-state index in [1.807, 2.05) is 92.5 Å². The van der Waals surface area contributed by atoms with Gasteiger partial charge in [0.1, 0.15) is 0 Å². The van der Waals surface area contributed by atoms with Crippen molar-refractivity contribution in [3.05, 3.63) is 117 Å². The smallest absolute Gasteiger partial charge is 0.255 e. The lowest BCUT2D eigenvalue weighted by molar-refractivity contribution is 0.0663. The maximum absolute atomic E-state index is 12.8. The van der Waals surface area contributed by atoms with Gasteiger partial charge in [0.2, 0.25) is 0 Å². The van der Waals surface area contributed by atoms with E-state index in [4.69, 9.17) is 0 Å². The molecule has 0 bridgehead atoms. The number of hydrogen-bond acceptors (Lipinski definition) is 5. The molecule has 0 spiro atoms. The maximum atomic E-state index is 12.8. The van der Waals surface area contributed by atoms with Gasteiger partial charge in [-0.1, -0.05) is 45.0 Å². The summed E-state index contributed by atoms with van der Waals surface area (Å²) < 4.78 is 1.59. The lowest BCUT2D eigenvalue weighted by atomic mass is 9.86. The fraction of sp³-hybridized carbons (Fsp3) is 0.351. The van der Waals surface area contributed by atoms with Crippen molar-refractivity contribution in [2.24, 2.45) is 7.05 Å². The average molecular weight is 608 g/mol. The van der Waals surface area contributed by atoms with E-state index in [9.17, 15) is 14.4 Å². The van der Waals surface area contributed by atoms with Gasteiger partial charge >= 0.3 is 0 Å². The lowest BCUT2D eigenvalue weighted by Crippen LogP contribution is -2.47. The second-order valence-corrected chi connectivity index (χ2v) is 12.9. The highest BCUT2D eigenvalue weighted by atomic mass is 16.2. The van der Waals surface area contributed by atoms with E-state index in [1.165, 1.54) is 5.56 Å². The molecule has 0 saturated carbocycles. The second-order valence-electron chi connectivity index (χ2n) is 12.9. The molecular weight excluding hydrogens is 562 g/mol. The summed E-state index contributed by atoms with van der Waals surface area (Å²) in [6, 6.07) is 19.2. The van der Waals surface area contributed by atoms with Crippen molar-refractivity contribution in [2.45, 2.75) is 47.0 Å². The van der Waals surface area contributed by atoms with Crippen LogP contribution in [0.5, 0.6) is 0 Å². The molecule has 2 aromatic carbocycles. The minimum atomic E-state index is -0.137. The molecule has 0 aliphatic carbocycles. The van der Waals surface area contributed by atoms with Crippen LogP contribution in [0.25, 0.3) is 11.1 Å². The fourth-order valence-electron chi connectivity index (χ4n) is 5.21. The molecule has 0 radical (unpaired) electrons. The third-order valence-electron chi connectivity index (χ3n) is 8.22. The van der Waals surface area contributed by atoms with Gasteiger partial charge in [-0.2, -0.15) is 0 Å². The second kappa shape index (κ2) is 14.0. The molecule has 8 heteroatoms. The molecule has 0 unspecified atom stereocenters. The third kappa shape index (κ3) is 8.34. The van der Waals surface area contributed by atoms with Crippen molar-refractivity contribution in [1.29, 1.82) is 0 Å². The molecule has 8 nitrogen and oxygen atoms in total. The molecule has 45 heavy (non-hydrogen) atoms. The van der Waals surface area contributed by atoms with E-state index >= 15 is 0 Å². The molecule has 1 saturated heterocycles. The zero-order valence-electron chi connectivity index (χ0n) is 27.8. The molecule has 1 aliphatic heterocycles. The first-order valence-electron chi connectivity index (χ1n) is 15.3. The summed E-state index contributed by atoms with van der Waals surface area (Å²) in [7, 11) is 3.83. The van der Waals surface area contributed by atoms with Crippen LogP contribution in [0.1, 0.15) is 63.9 Å². The predicted octanol–water partition coefficient (Wildman–Crippen LogP) is 6.00. The van der Waals surface area contributed by atoms with Gasteiger partial charge in [0.05, 0.1) is 5.56 Å². The van der Waals surface area contributed by atoms with E-state index in [0.29, 0.717) is 16.7 Å². The molecule has 1 fully saturated rings. The summed E-state index contributed by atoms with van der Waals surface area (Å²) in [5, 5.41) is 3.03. The molecule has 1 aliphatic rings. The summed E-state index contributed by atoms with van der Waals surface area (Å²) in [5.74, 6) is -0.0389. The van der Waals surface area contributed by atoms with Gasteiger partial charge in [-0.3, -0.25) is 19.4 Å². The molecule has 4 aromatic rings. The quantitative estimate of drug-likeness (QED) is 0.308. The first kappa shape index (κ1) is 33.3. The number of carbonyl (C=O) groups is 2. The topological polar surface area (TPSA) is 87.5 Å². The molecule has 236 valence electrons. The number of anilines is 1. The highest BCUT2D eigenvalue weighted by molar-refractivity contribution is 6.05. The maximum Gasteiger partial charge on any atom is 0.255 e. The van der Waals surface area contributed by atoms with E-state index in [2.05, 4.69) is 43.0 Å². The Morgan fingerprint density at radius 3 is 2.07 bits per heavy atom. The van der Waals surface area contributed by atoms with Gasteiger partial charge in [0.25, 0.3) is 17.4 Å². The number of aryl methyl sites for hydroxylation is 3. The van der Waals surface area contributed by atoms with Crippen LogP contribution in [-0.4, -0.2) is 64.4 Å². The monoisotopic (exact) mass is 607 g/mol. The summed E-state index contributed by atoms with van der Waals surface area (Å²) in [5.41, 5.74) is 7.85. The number of pyridine rings is 2. The summed E-state index contributed by atoms with van der Waals surface area (Å²) in [6.07, 6.45) is 3.49. The zero-order chi connectivity index (χ0) is 32.9. The van der Waals surface area contributed by atoms with Gasteiger partial charge in [-0.25, -0.2) is 0 Å². The van der Waals surface area contributed by atoms with E-state index in [0.717, 1.165) is 54.3 Å². The largest absolute Gasteiger partial charge is 0.336 e. The highest BCUT2D eigenvalue weighted by Gasteiger charge is 2.20. The Morgan fingerprint density at radius 1 is 0.844 bits per heavy atom. The van der Waals surface area contributed by atoms with Crippen LogP contribution in [0.2, 0.25) is 0 Å². The zero-order valence-corrected chi connectivity index (χ0v) is 27.8. The van der Waals surface area contributed by atoms with Crippen molar-refractivity contribution in [3.63, 3.8) is 0 Å². The minimum Gasteiger partial charge on any atom is -0.336 e. The molecule has 5 rings (SSSR count). The van der Waals surface area contributed by atoms with E-state index in [1.54, 1.807) is 17.8 Å². The first-order chi connectivity index (χ1) is 21.2. The Bertz CT molecular complexity index is 1680. The van der Waals surface area contributed by atoms with Crippen molar-refractivity contribution in [3.8, 4) is 11.1 Å². The number of hydrogen-bond donors (Lipinski definition) is 1. The van der Waals surface area contributed by atoms with Crippen LogP contribution in [0.15, 0.2) is 77.9 Å². The van der Waals surface area contributed by atoms with Crippen LogP contribution < -0.4 is 10.9 Å². The third-order valence-corrected chi connectivity index (χ3v) is 8.22. The summed E-state index contributed by atoms with van der Waals surface area (Å²) in [4.78, 5) is 45.1. The number of likely N-dealkylation sites (N-methyl/N-ethyl adjacent to an activating group) is 1. The molecular formula is C37H45N5O3. The summed E-state index contributed by atoms with van der Waals surface area (Å²) >= 11 is 0. The normalized spacial score (nSPS) is 13.6. The number of nitrogens with zero attached hydrogens (tertiary/aromatic N) is 4. The number of nitrogens with one attached hydrogen (secondary N) is 1. The van der Waals surface area contributed by atoms with Crippen LogP contribution in [0.4, 0.5) is 5.69 Å². The van der Waals surface area contributed by atoms with Crippen LogP contribution >= 0.6 is 0 Å². The number of aromatic nitrogens is 2. The SMILES string of the molecule is Cc1c(NC(=O)c2ccc(C(C)(C)C)cc2)cccc1-c1cc(C)c(=O)n(C)c1.Cc1ccc(C(=O)N2CCN(C)CC2)cn1. The number of amides is 2. The van der Waals surface area contributed by atoms with Crippen LogP contribution in [0, 0.1) is 20.8 Å². The van der Waals surface area contributed by atoms with E-state index in [-0.39, 0.29) is 22.8 Å². The Balaban J connectivity index is 0.000000242. The number of benzene rings is 2. The Kier molecular flexibility index (Phi) is 10.4. The van der Waals surface area contributed by atoms with Crippen LogP contribution in [0.3, 0.4) is 0 Å². The van der Waals surface area contributed by atoms with Crippen LogP contribution in [-0.2, 0) is 12.5 Å². The average Bonchev–Trinajstić information content (AvgIpc) is 3.01. The molecule has 1 N–H and O–H groups in total. The Labute approximate surface area is 266 Å². The van der Waals surface area contributed by atoms with Crippen molar-refractivity contribution in [2.75, 3.05) is 38.5 Å². The Hall–Kier alpha value is -4.56. The predicted molar refractivity (Wildman–Crippen MR) is 182 cm³/mol. The van der Waals surface area contributed by atoms with Crippen molar-refractivity contribution in [1.82, 2.24) is 19.4 Å². The molecule has 2 aromatic heterocycles. The standard InChI is InChI=1S/C25H28N2O2.C12H17N3O/c1-16-14-19(15-27(6)24(16)29)21-8-7-9-22(17(21)2)26-23(28)18-10-12-20(13-11-18)25(3,4)5;1-10-3-4-11(9-13-10)12(16)15-7-5-14(2)6-8-15/h7-15H,1-6H3,(H,26,28);3-4,9H,5-8H2,1-2H3. The first-order valence-corrected chi connectivity index (χ1v) is 15.3. The number of carbonyl (C=O) groups excluding carboxylic acids is 2. The Morgan fingerprint density at radius 2 is 1.49 bits per heavy atom. The lowest BCUT2D eigenvalue weighted by Gasteiger charge is -2.32. The van der Waals surface area contributed by atoms with Gasteiger partial charge in [-0.15, -0.1) is 0 Å². The molecule has 3 heterocycles. The van der Waals surface area contributed by atoms with Gasteiger partial charge in [-0.05, 0) is 91.9 Å². The number of rotatable bonds is 4. The van der Waals surface area contributed by atoms with Gasteiger partial charge in [0, 0.05) is 68.1 Å². The van der Waals surface area contributed by atoms with Gasteiger partial charge in [0.15, 0.2) is 0 Å². The van der Waals surface area contributed by atoms with Gasteiger partial charge < -0.3 is 19.7 Å². The summed E-state index contributed by atoms with van der Waals surface area (Å²) in [6.45, 7) is 15.7. The van der Waals surface area contributed by atoms with Crippen molar-refractivity contribution < 1.29 is 9.59 Å². The molecule has 0 atom stereocenters. The number of piperazine rings is 1. The highest BCUT2D eigenvalue weighted by Crippen LogP contribution is 2.29. The minimum absolute atomic E-state index is 0.00503. The van der Waals surface area contributed by atoms with Crippen molar-refractivity contribution >= 4 is 17.5 Å². The van der Waals surface area contributed by atoms with E-state index < -0.39 is 0 Å². The molecule has 2 amide bonds. The fourth-order valence-corrected chi connectivity index (χ4v) is 5.21.